The van der Waals surface area contributed by atoms with Gasteiger partial charge >= 0.3 is 58.6 Å². The van der Waals surface area contributed by atoms with Crippen molar-refractivity contribution in [2.75, 3.05) is 60.4 Å². The van der Waals surface area contributed by atoms with Crippen LogP contribution in [0.5, 0.6) is 0 Å². The molecule has 0 heterocycles. The number of hydroxylamine groups is 6. The first kappa shape index (κ1) is 83.0. The molecule has 0 spiro atoms. The molecule has 84 heavy (non-hydrogen) atoms. The van der Waals surface area contributed by atoms with Crippen LogP contribution in [0.2, 0.25) is 0 Å². The van der Waals surface area contributed by atoms with Gasteiger partial charge in [-0.1, -0.05) is 18.2 Å². The number of rotatable bonds is 27. The predicted octanol–water partition coefficient (Wildman–Crippen LogP) is 9.17. The molecule has 0 aromatic heterocycles. The minimum atomic E-state index is -4.01. The van der Waals surface area contributed by atoms with E-state index in [0.29, 0.717) is 15.2 Å². The molecule has 0 saturated carbocycles. The second kappa shape index (κ2) is 36.7. The van der Waals surface area contributed by atoms with Gasteiger partial charge in [0.15, 0.2) is 0 Å². The molecule has 3 N–H and O–H groups in total. The van der Waals surface area contributed by atoms with Crippen molar-refractivity contribution in [3.05, 3.63) is 35.7 Å². The van der Waals surface area contributed by atoms with E-state index < -0.39 is 150 Å². The molecule has 0 aliphatic carbocycles. The molecular formula is C51H90N3O27P3. The van der Waals surface area contributed by atoms with Crippen molar-refractivity contribution in [3.8, 4) is 0 Å². The first-order valence-corrected chi connectivity index (χ1v) is 30.2. The van der Waals surface area contributed by atoms with Gasteiger partial charge in [-0.3, -0.25) is 99.6 Å². The van der Waals surface area contributed by atoms with Gasteiger partial charge in [0, 0.05) is 38.2 Å². The lowest BCUT2D eigenvalue weighted by atomic mass is 9.98. The van der Waals surface area contributed by atoms with Gasteiger partial charge in [-0.2, -0.15) is 0 Å². The quantitative estimate of drug-likeness (QED) is 0.0172. The number of esters is 6. The Morgan fingerprint density at radius 3 is 0.548 bits per heavy atom. The third kappa shape index (κ3) is 39.4. The zero-order chi connectivity index (χ0) is 66.5. The highest BCUT2D eigenvalue weighted by Gasteiger charge is 2.32. The fourth-order valence-corrected chi connectivity index (χ4v) is 6.80. The van der Waals surface area contributed by atoms with Gasteiger partial charge in [0.25, 0.3) is 0 Å². The van der Waals surface area contributed by atoms with Crippen LogP contribution in [0.3, 0.4) is 0 Å². The minimum Gasteiger partial charge on any atom is -0.438 e. The number of hydrogen-bond acceptors (Lipinski definition) is 27. The van der Waals surface area contributed by atoms with E-state index in [9.17, 15) is 72.5 Å². The Kier molecular flexibility index (Phi) is 36.3. The first-order chi connectivity index (χ1) is 37.7. The standard InChI is InChI=1S/3C17H30NO9P/c3*1-13(19)18(22)9-8-10-28(23,26-11-24-14(20)16(2,3)4)27-12-25-15(21)17(5,6)7/h3*8,10,22H,9,11-12H2,1-7H3/b3*10-8+. The summed E-state index contributed by atoms with van der Waals surface area (Å²) in [5.41, 5.74) is -4.72. The molecule has 0 aromatic carbocycles. The molecule has 0 fully saturated rings. The monoisotopic (exact) mass is 1270 g/mol. The Morgan fingerprint density at radius 1 is 0.310 bits per heavy atom. The average Bonchev–Trinajstić information content (AvgIpc) is 3.42. The van der Waals surface area contributed by atoms with Crippen LogP contribution in [0, 0.1) is 32.5 Å². The van der Waals surface area contributed by atoms with Crippen LogP contribution >= 0.6 is 22.8 Å². The van der Waals surface area contributed by atoms with Gasteiger partial charge in [-0.25, -0.2) is 15.2 Å². The van der Waals surface area contributed by atoms with Crippen LogP contribution in [-0.2, 0) is 112 Å². The summed E-state index contributed by atoms with van der Waals surface area (Å²) >= 11 is 0. The van der Waals surface area contributed by atoms with Crippen LogP contribution in [-0.4, -0.2) is 145 Å². The molecule has 33 heteroatoms. The molecule has 0 aromatic rings. The van der Waals surface area contributed by atoms with Crippen LogP contribution in [0.4, 0.5) is 0 Å². The van der Waals surface area contributed by atoms with Crippen molar-refractivity contribution in [2.45, 2.75) is 145 Å². The Labute approximate surface area is 492 Å². The van der Waals surface area contributed by atoms with Crippen molar-refractivity contribution >= 4 is 76.3 Å². The summed E-state index contributed by atoms with van der Waals surface area (Å²) in [6, 6.07) is 0. The zero-order valence-electron chi connectivity index (χ0n) is 52.2. The van der Waals surface area contributed by atoms with Gasteiger partial charge in [0.05, 0.1) is 52.1 Å². The van der Waals surface area contributed by atoms with Gasteiger partial charge in [-0.15, -0.1) is 0 Å². The minimum absolute atomic E-state index is 0.282. The van der Waals surface area contributed by atoms with Gasteiger partial charge < -0.3 is 28.4 Å². The molecule has 0 atom stereocenters. The highest BCUT2D eigenvalue weighted by Crippen LogP contribution is 2.51. The van der Waals surface area contributed by atoms with E-state index in [1.54, 1.807) is 125 Å². The summed E-state index contributed by atoms with van der Waals surface area (Å²) in [6.45, 7) is 28.0. The van der Waals surface area contributed by atoms with Crippen molar-refractivity contribution in [1.82, 2.24) is 15.2 Å². The summed E-state index contributed by atoms with van der Waals surface area (Å²) in [5, 5.41) is 29.1. The normalized spacial score (nSPS) is 12.7. The predicted molar refractivity (Wildman–Crippen MR) is 297 cm³/mol. The van der Waals surface area contributed by atoms with Crippen LogP contribution < -0.4 is 0 Å². The highest BCUT2D eigenvalue weighted by molar-refractivity contribution is 7.57. The molecule has 0 saturated heterocycles. The average molecular weight is 1270 g/mol. The lowest BCUT2D eigenvalue weighted by Crippen LogP contribution is -2.25. The SMILES string of the molecule is CC(=O)N(O)C/C=C/P(=O)(OCOC(=O)C(C)(C)C)OCOC(=O)C(C)(C)C.CC(=O)N(O)C/C=C/P(=O)(OCOC(=O)C(C)(C)C)OCOC(=O)C(C)(C)C.CC(=O)N(O)C/C=C/P(=O)(OCOC(=O)C(C)(C)C)OCOC(=O)C(C)(C)C. The number of hydrogen-bond donors (Lipinski definition) is 3. The second-order valence-electron chi connectivity index (χ2n) is 23.6. The summed E-state index contributed by atoms with van der Waals surface area (Å²) in [5.74, 6) is -2.47. The molecule has 0 aliphatic heterocycles. The van der Waals surface area contributed by atoms with Gasteiger partial charge in [-0.05, 0) is 125 Å². The summed E-state index contributed by atoms with van der Waals surface area (Å²) in [6.07, 6.45) is 3.50. The maximum atomic E-state index is 12.7. The molecule has 30 nitrogen and oxygen atoms in total. The fourth-order valence-electron chi connectivity index (χ4n) is 3.80. The number of amides is 3. The number of carbonyl (C=O) groups excluding carboxylic acids is 9. The molecule has 0 rings (SSSR count). The molecule has 0 unspecified atom stereocenters. The van der Waals surface area contributed by atoms with Crippen molar-refractivity contribution in [1.29, 1.82) is 0 Å². The Balaban J connectivity index is -0.00000117. The molecule has 0 aliphatic rings. The maximum Gasteiger partial charge on any atom is 0.359 e. The Morgan fingerprint density at radius 2 is 0.440 bits per heavy atom. The molecule has 0 bridgehead atoms. The number of carbonyl (C=O) groups is 9. The number of nitrogens with zero attached hydrogens (tertiary/aromatic N) is 3. The van der Waals surface area contributed by atoms with Crippen LogP contribution in [0.15, 0.2) is 35.7 Å². The topological polar surface area (TPSA) is 386 Å². The van der Waals surface area contributed by atoms with Gasteiger partial charge in [0.1, 0.15) is 0 Å². The van der Waals surface area contributed by atoms with E-state index in [0.717, 1.165) is 38.2 Å². The largest absolute Gasteiger partial charge is 0.438 e. The summed E-state index contributed by atoms with van der Waals surface area (Å²) < 4.78 is 97.7. The first-order valence-electron chi connectivity index (χ1n) is 25.4. The van der Waals surface area contributed by atoms with Crippen molar-refractivity contribution in [2.24, 2.45) is 32.5 Å². The van der Waals surface area contributed by atoms with Gasteiger partial charge in [0.2, 0.25) is 58.5 Å². The molecule has 486 valence electrons. The van der Waals surface area contributed by atoms with E-state index in [2.05, 4.69) is 0 Å². The van der Waals surface area contributed by atoms with E-state index in [-0.39, 0.29) is 19.6 Å². The zero-order valence-corrected chi connectivity index (χ0v) is 54.8. The van der Waals surface area contributed by atoms with E-state index in [1.165, 1.54) is 18.2 Å². The lowest BCUT2D eigenvalue weighted by Gasteiger charge is -2.20. The second-order valence-corrected chi connectivity index (χ2v) is 29.3. The maximum absolute atomic E-state index is 12.7. The van der Waals surface area contributed by atoms with Crippen LogP contribution in [0.1, 0.15) is 145 Å². The third-order valence-electron chi connectivity index (χ3n) is 9.00. The van der Waals surface area contributed by atoms with Crippen molar-refractivity contribution in [3.63, 3.8) is 0 Å². The molecule has 0 radical (unpaired) electrons. The van der Waals surface area contributed by atoms with E-state index in [4.69, 9.17) is 55.6 Å². The third-order valence-corrected chi connectivity index (χ3v) is 13.5. The fraction of sp³-hybridized carbons (Fsp3) is 0.706. The smallest absolute Gasteiger partial charge is 0.359 e. The lowest BCUT2D eigenvalue weighted by molar-refractivity contribution is -0.163. The molecular weight excluding hydrogens is 1180 g/mol. The Hall–Kier alpha value is -5.22. The van der Waals surface area contributed by atoms with Crippen molar-refractivity contribution < 1.29 is 128 Å². The Bertz CT molecular complexity index is 2050. The highest BCUT2D eigenvalue weighted by atomic mass is 31.2. The van der Waals surface area contributed by atoms with E-state index >= 15 is 0 Å². The molecule has 3 amide bonds. The number of ether oxygens (including phenoxy) is 6. The van der Waals surface area contributed by atoms with E-state index in [1.807, 2.05) is 0 Å². The summed E-state index contributed by atoms with van der Waals surface area (Å²) in [7, 11) is -12.0. The summed E-state index contributed by atoms with van der Waals surface area (Å²) in [4.78, 5) is 103. The van der Waals surface area contributed by atoms with Crippen LogP contribution in [0.25, 0.3) is 0 Å².